The first-order valence-electron chi connectivity index (χ1n) is 1.42. The van der Waals surface area contributed by atoms with Crippen LogP contribution in [0.3, 0.4) is 0 Å². The maximum absolute atomic E-state index is 10.1. The Morgan fingerprint density at radius 3 is 2.12 bits per heavy atom. The summed E-state index contributed by atoms with van der Waals surface area (Å²) in [4.78, 5) is 0. The molecule has 50 valence electrons. The highest BCUT2D eigenvalue weighted by molar-refractivity contribution is 8.90. The van der Waals surface area contributed by atoms with Crippen LogP contribution in [0, 0.1) is 0 Å². The summed E-state index contributed by atoms with van der Waals surface area (Å²) in [6.07, 6.45) is 0. The maximum Gasteiger partial charge on any atom is 0.248 e. The third-order valence-electron chi connectivity index (χ3n) is 0.379. The van der Waals surface area contributed by atoms with Gasteiger partial charge in [-0.2, -0.15) is 0 Å². The van der Waals surface area contributed by atoms with Crippen LogP contribution in [0.4, 0.5) is 0 Å². The number of rotatable bonds is 2. The predicted molar refractivity (Wildman–Crippen MR) is 39.9 cm³/mol. The first kappa shape index (κ1) is 8.86. The van der Waals surface area contributed by atoms with Crippen LogP contribution < -0.4 is 0 Å². The predicted octanol–water partition coefficient (Wildman–Crippen LogP) is -0.238. The van der Waals surface area contributed by atoms with Gasteiger partial charge in [-0.1, -0.05) is 0 Å². The Morgan fingerprint density at radius 1 is 1.75 bits per heavy atom. The molecular weight excluding hydrogens is 188 g/mol. The van der Waals surface area contributed by atoms with Crippen LogP contribution in [0.15, 0.2) is 0 Å². The van der Waals surface area contributed by atoms with Crippen LogP contribution in [-0.2, 0) is 43.1 Å². The summed E-state index contributed by atoms with van der Waals surface area (Å²) < 4.78 is 22.7. The third kappa shape index (κ3) is 2.42. The monoisotopic (exact) mass is 192 g/mol. The molecule has 0 aromatic heterocycles. The van der Waals surface area contributed by atoms with Gasteiger partial charge in [0.25, 0.3) is 0 Å². The zero-order valence-electron chi connectivity index (χ0n) is 3.90. The van der Waals surface area contributed by atoms with Crippen molar-refractivity contribution in [2.24, 2.45) is 0 Å². The van der Waals surface area contributed by atoms with E-state index >= 15 is 0 Å². The Labute approximate surface area is 59.1 Å². The van der Waals surface area contributed by atoms with Gasteiger partial charge in [0.05, 0.1) is 7.11 Å². The molecule has 0 amide bonds. The summed E-state index contributed by atoms with van der Waals surface area (Å²) >= 11 is 8.79. The van der Waals surface area contributed by atoms with Gasteiger partial charge in [0.15, 0.2) is 0 Å². The van der Waals surface area contributed by atoms with Crippen molar-refractivity contribution >= 4 is 38.9 Å². The average Bonchev–Trinajstić information content (AvgIpc) is 1.67. The van der Waals surface area contributed by atoms with Crippen molar-refractivity contribution in [1.82, 2.24) is 0 Å². The highest BCUT2D eigenvalue weighted by atomic mass is 33.5. The van der Waals surface area contributed by atoms with E-state index in [0.29, 0.717) is 0 Å². The van der Waals surface area contributed by atoms with Gasteiger partial charge in [0.1, 0.15) is 6.46 Å². The molecule has 0 radical (unpaired) electrons. The van der Waals surface area contributed by atoms with Crippen molar-refractivity contribution in [3.05, 3.63) is 0 Å². The fourth-order valence-electron chi connectivity index (χ4n) is 0.0582. The Kier molecular flexibility index (Phi) is 3.47. The van der Waals surface area contributed by atoms with E-state index in [1.807, 2.05) is 0 Å². The average molecular weight is 192 g/mol. The second kappa shape index (κ2) is 3.14. The largest absolute Gasteiger partial charge is 0.302 e. The van der Waals surface area contributed by atoms with Gasteiger partial charge >= 0.3 is 0 Å². The fraction of sp³-hybridized carbons (Fsp3) is 1.00. The molecule has 8 heavy (non-hydrogen) atoms. The molecule has 3 nitrogen and oxygen atoms in total. The summed E-state index contributed by atoms with van der Waals surface area (Å²) in [6.45, 7) is -2.54. The van der Waals surface area contributed by atoms with Gasteiger partial charge in [-0.25, -0.2) is 4.21 Å². The Morgan fingerprint density at radius 2 is 2.12 bits per heavy atom. The molecule has 0 rings (SSSR count). The lowest BCUT2D eigenvalue weighted by Crippen LogP contribution is -2.04. The highest BCUT2D eigenvalue weighted by Gasteiger charge is 2.04. The smallest absolute Gasteiger partial charge is 0.248 e. The first-order valence-corrected chi connectivity index (χ1v) is 6.46. The van der Waals surface area contributed by atoms with Crippen LogP contribution in [0.25, 0.3) is 0 Å². The molecule has 0 aliphatic rings. The number of hydrogen-bond donors (Lipinski definition) is 1. The van der Waals surface area contributed by atoms with Crippen LogP contribution in [0.1, 0.15) is 0 Å². The lowest BCUT2D eigenvalue weighted by atomic mass is 11.8. The lowest BCUT2D eigenvalue weighted by Gasteiger charge is -1.97. The fourth-order valence-corrected chi connectivity index (χ4v) is 0.524. The van der Waals surface area contributed by atoms with E-state index in [-0.39, 0.29) is 0 Å². The molecule has 0 saturated heterocycles. The van der Waals surface area contributed by atoms with Gasteiger partial charge in [-0.15, -0.1) is 0 Å². The minimum absolute atomic E-state index is 1.23. The standard InChI is InChI=1S/CH4O3S4/c1-4-8(5,6)7(2)3/h1H3,(H,2,3). The molecular formula is CH4O3S4. The summed E-state index contributed by atoms with van der Waals surface area (Å²) in [5.41, 5.74) is 0. The quantitative estimate of drug-likeness (QED) is 0.483. The molecule has 7 heteroatoms. The van der Waals surface area contributed by atoms with E-state index in [9.17, 15) is 4.21 Å². The minimum Gasteiger partial charge on any atom is -0.302 e. The van der Waals surface area contributed by atoms with Crippen molar-refractivity contribution in [2.75, 3.05) is 7.11 Å². The molecule has 0 fully saturated rings. The maximum atomic E-state index is 10.1. The van der Waals surface area contributed by atoms with E-state index in [1.165, 1.54) is 7.11 Å². The molecule has 0 saturated carbocycles. The third-order valence-corrected chi connectivity index (χ3v) is 5.50. The van der Waals surface area contributed by atoms with Crippen molar-refractivity contribution < 1.29 is 12.9 Å². The summed E-state index contributed by atoms with van der Waals surface area (Å²) in [7, 11) is -0.960. The zero-order chi connectivity index (χ0) is 6.78. The van der Waals surface area contributed by atoms with Gasteiger partial charge in [0.2, 0.25) is 10.1 Å². The Hall–Kier alpha value is 0.860. The minimum atomic E-state index is -2.54. The molecule has 1 atom stereocenters. The molecule has 0 aromatic rings. The van der Waals surface area contributed by atoms with Crippen molar-refractivity contribution in [3.8, 4) is 0 Å². The van der Waals surface area contributed by atoms with Crippen LogP contribution >= 0.6 is 0 Å². The van der Waals surface area contributed by atoms with Gasteiger partial charge < -0.3 is 4.18 Å². The Balaban J connectivity index is 4.42. The van der Waals surface area contributed by atoms with Gasteiger partial charge in [0, 0.05) is 0 Å². The first-order chi connectivity index (χ1) is 3.50. The van der Waals surface area contributed by atoms with Gasteiger partial charge in [-0.3, -0.25) is 4.55 Å². The van der Waals surface area contributed by atoms with Crippen LogP contribution in [0.5, 0.6) is 0 Å². The molecule has 0 aliphatic carbocycles. The highest BCUT2D eigenvalue weighted by Crippen LogP contribution is 1.95. The van der Waals surface area contributed by atoms with Crippen molar-refractivity contribution in [3.63, 3.8) is 0 Å². The lowest BCUT2D eigenvalue weighted by molar-refractivity contribution is 0.485. The van der Waals surface area contributed by atoms with Crippen LogP contribution in [0.2, 0.25) is 0 Å². The van der Waals surface area contributed by atoms with E-state index in [2.05, 4.69) is 26.6 Å². The molecule has 0 heterocycles. The topological polar surface area (TPSA) is 46.5 Å². The SMILES string of the molecule is COS(=S)(=S)S(=O)O. The molecule has 0 bridgehead atoms. The molecule has 0 spiro atoms. The van der Waals surface area contributed by atoms with Crippen molar-refractivity contribution in [2.45, 2.75) is 0 Å². The zero-order valence-corrected chi connectivity index (χ0v) is 7.16. The van der Waals surface area contributed by atoms with Gasteiger partial charge in [-0.05, 0) is 22.4 Å². The summed E-state index contributed by atoms with van der Waals surface area (Å²) in [6, 6.07) is 0. The van der Waals surface area contributed by atoms with E-state index in [4.69, 9.17) is 4.55 Å². The second-order valence-electron chi connectivity index (χ2n) is 0.792. The van der Waals surface area contributed by atoms with Crippen molar-refractivity contribution in [1.29, 1.82) is 0 Å². The van der Waals surface area contributed by atoms with Crippen LogP contribution in [-0.4, -0.2) is 15.9 Å². The number of hydrogen-bond acceptors (Lipinski definition) is 4. The van der Waals surface area contributed by atoms with E-state index in [1.54, 1.807) is 0 Å². The molecule has 1 N–H and O–H groups in total. The normalized spacial score (nSPS) is 15.8. The Bertz CT molecular complexity index is 177. The summed E-state index contributed by atoms with van der Waals surface area (Å²) in [5.74, 6) is 0. The summed E-state index contributed by atoms with van der Waals surface area (Å²) in [5, 5.41) is 0. The van der Waals surface area contributed by atoms with E-state index < -0.39 is 16.6 Å². The molecule has 0 aliphatic heterocycles. The van der Waals surface area contributed by atoms with E-state index in [0.717, 1.165) is 0 Å². The molecule has 0 aromatic carbocycles. The molecule has 1 unspecified atom stereocenters. The second-order valence-corrected chi connectivity index (χ2v) is 9.36.